The van der Waals surface area contributed by atoms with Crippen molar-refractivity contribution in [1.29, 1.82) is 0 Å². The van der Waals surface area contributed by atoms with Gasteiger partial charge in [0.05, 0.1) is 7.11 Å². The van der Waals surface area contributed by atoms with Crippen LogP contribution in [0.15, 0.2) is 18.2 Å². The molecule has 2 rings (SSSR count). The summed E-state index contributed by atoms with van der Waals surface area (Å²) in [5.41, 5.74) is 0.757. The van der Waals surface area contributed by atoms with E-state index in [9.17, 15) is 13.6 Å². The Morgan fingerprint density at radius 3 is 2.82 bits per heavy atom. The lowest BCUT2D eigenvalue weighted by Crippen LogP contribution is -2.35. The third-order valence-electron chi connectivity index (χ3n) is 3.45. The number of nitrogens with zero attached hydrogens (tertiary/aromatic N) is 1. The van der Waals surface area contributed by atoms with Gasteiger partial charge in [0.1, 0.15) is 6.10 Å². The number of carbonyl (C=O) groups excluding carboxylic acids is 1. The highest BCUT2D eigenvalue weighted by atomic mass is 19.3. The van der Waals surface area contributed by atoms with Crippen molar-refractivity contribution in [3.05, 3.63) is 23.8 Å². The van der Waals surface area contributed by atoms with Crippen molar-refractivity contribution in [3.8, 4) is 11.5 Å². The lowest BCUT2D eigenvalue weighted by Gasteiger charge is -2.21. The van der Waals surface area contributed by atoms with Gasteiger partial charge in [0.25, 0.3) is 5.91 Å². The molecular formula is C15H19F2NO4. The molecule has 0 aromatic heterocycles. The molecule has 1 heterocycles. The van der Waals surface area contributed by atoms with Gasteiger partial charge >= 0.3 is 6.61 Å². The Morgan fingerprint density at radius 1 is 1.45 bits per heavy atom. The first-order valence-electron chi connectivity index (χ1n) is 6.99. The summed E-state index contributed by atoms with van der Waals surface area (Å²) in [5.74, 6) is 0.0921. The maximum Gasteiger partial charge on any atom is 0.387 e. The molecule has 122 valence electrons. The highest BCUT2D eigenvalue weighted by Gasteiger charge is 2.26. The molecule has 0 N–H and O–H groups in total. The Labute approximate surface area is 127 Å². The quantitative estimate of drug-likeness (QED) is 0.809. The average molecular weight is 315 g/mol. The first kappa shape index (κ1) is 16.5. The predicted octanol–water partition coefficient (Wildman–Crippen LogP) is 2.43. The van der Waals surface area contributed by atoms with E-state index >= 15 is 0 Å². The smallest absolute Gasteiger partial charge is 0.387 e. The zero-order chi connectivity index (χ0) is 16.1. The fourth-order valence-corrected chi connectivity index (χ4v) is 2.37. The molecule has 5 nitrogen and oxygen atoms in total. The molecule has 1 aromatic carbocycles. The van der Waals surface area contributed by atoms with Crippen molar-refractivity contribution >= 4 is 5.91 Å². The predicted molar refractivity (Wildman–Crippen MR) is 75.1 cm³/mol. The van der Waals surface area contributed by atoms with Gasteiger partial charge in [-0.05, 0) is 30.5 Å². The SMILES string of the molecule is COc1cc(CN(C)C(=O)C2CCCO2)ccc1OC(F)F. The zero-order valence-corrected chi connectivity index (χ0v) is 12.6. The fourth-order valence-electron chi connectivity index (χ4n) is 2.37. The summed E-state index contributed by atoms with van der Waals surface area (Å²) in [6.07, 6.45) is 1.24. The minimum atomic E-state index is -2.91. The topological polar surface area (TPSA) is 48.0 Å². The minimum absolute atomic E-state index is 0.0330. The number of ether oxygens (including phenoxy) is 3. The Hall–Kier alpha value is -1.89. The maximum atomic E-state index is 12.3. The standard InChI is InChI=1S/C15H19F2NO4/c1-18(14(19)12-4-3-7-21-12)9-10-5-6-11(22-15(16)17)13(8-10)20-2/h5-6,8,12,15H,3-4,7,9H2,1-2H3. The molecule has 1 unspecified atom stereocenters. The number of methoxy groups -OCH3 is 1. The number of carbonyl (C=O) groups is 1. The van der Waals surface area contributed by atoms with Crippen LogP contribution in [0.3, 0.4) is 0 Å². The Bertz CT molecular complexity index is 518. The van der Waals surface area contributed by atoms with E-state index in [1.54, 1.807) is 24.1 Å². The van der Waals surface area contributed by atoms with E-state index in [0.717, 1.165) is 18.4 Å². The van der Waals surface area contributed by atoms with Crippen molar-refractivity contribution in [1.82, 2.24) is 4.90 Å². The first-order valence-corrected chi connectivity index (χ1v) is 6.99. The summed E-state index contributed by atoms with van der Waals surface area (Å²) < 4.78 is 39.3. The highest BCUT2D eigenvalue weighted by molar-refractivity contribution is 5.80. The number of hydrogen-bond donors (Lipinski definition) is 0. The molecule has 0 bridgehead atoms. The zero-order valence-electron chi connectivity index (χ0n) is 12.6. The lowest BCUT2D eigenvalue weighted by atomic mass is 10.1. The molecule has 1 atom stereocenters. The number of amides is 1. The van der Waals surface area contributed by atoms with Gasteiger partial charge < -0.3 is 19.1 Å². The van der Waals surface area contributed by atoms with Crippen LogP contribution in [0.25, 0.3) is 0 Å². The number of hydrogen-bond acceptors (Lipinski definition) is 4. The van der Waals surface area contributed by atoms with Gasteiger partial charge in [-0.3, -0.25) is 4.79 Å². The molecule has 7 heteroatoms. The summed E-state index contributed by atoms with van der Waals surface area (Å²) in [6, 6.07) is 4.61. The van der Waals surface area contributed by atoms with Crippen molar-refractivity contribution in [2.45, 2.75) is 32.1 Å². The maximum absolute atomic E-state index is 12.3. The van der Waals surface area contributed by atoms with E-state index < -0.39 is 6.61 Å². The molecule has 22 heavy (non-hydrogen) atoms. The van der Waals surface area contributed by atoms with Crippen LogP contribution in [-0.2, 0) is 16.1 Å². The summed E-state index contributed by atoms with van der Waals surface area (Å²) in [5, 5.41) is 0. The van der Waals surface area contributed by atoms with E-state index in [1.165, 1.54) is 13.2 Å². The highest BCUT2D eigenvalue weighted by Crippen LogP contribution is 2.30. The largest absolute Gasteiger partial charge is 0.493 e. The van der Waals surface area contributed by atoms with Crippen LogP contribution in [0.2, 0.25) is 0 Å². The molecule has 0 radical (unpaired) electrons. The summed E-state index contributed by atoms with van der Waals surface area (Å²) in [4.78, 5) is 13.7. The van der Waals surface area contributed by atoms with E-state index in [0.29, 0.717) is 13.2 Å². The summed E-state index contributed by atoms with van der Waals surface area (Å²) in [7, 11) is 3.05. The van der Waals surface area contributed by atoms with Gasteiger partial charge in [0.2, 0.25) is 0 Å². The molecule has 0 spiro atoms. The molecule has 1 aromatic rings. The third kappa shape index (κ3) is 4.07. The number of alkyl halides is 2. The van der Waals surface area contributed by atoms with Gasteiger partial charge in [-0.15, -0.1) is 0 Å². The monoisotopic (exact) mass is 315 g/mol. The number of likely N-dealkylation sites (N-methyl/N-ethyl adjacent to an activating group) is 1. The molecular weight excluding hydrogens is 296 g/mol. The number of benzene rings is 1. The van der Waals surface area contributed by atoms with Crippen LogP contribution in [0.5, 0.6) is 11.5 Å². The number of halogens is 2. The van der Waals surface area contributed by atoms with Gasteiger partial charge in [-0.25, -0.2) is 0 Å². The second-order valence-corrected chi connectivity index (χ2v) is 5.06. The van der Waals surface area contributed by atoms with Crippen LogP contribution < -0.4 is 9.47 Å². The van der Waals surface area contributed by atoms with E-state index in [2.05, 4.69) is 4.74 Å². The first-order chi connectivity index (χ1) is 10.5. The summed E-state index contributed by atoms with van der Waals surface area (Å²) in [6.45, 7) is -1.97. The second kappa shape index (κ2) is 7.40. The van der Waals surface area contributed by atoms with E-state index in [1.807, 2.05) is 0 Å². The molecule has 1 aliphatic rings. The fraction of sp³-hybridized carbons (Fsp3) is 0.533. The Morgan fingerprint density at radius 2 is 2.23 bits per heavy atom. The van der Waals surface area contributed by atoms with Gasteiger partial charge in [-0.2, -0.15) is 8.78 Å². The van der Waals surface area contributed by atoms with Crippen LogP contribution in [-0.4, -0.2) is 44.3 Å². The van der Waals surface area contributed by atoms with Crippen molar-refractivity contribution in [2.24, 2.45) is 0 Å². The van der Waals surface area contributed by atoms with Crippen molar-refractivity contribution < 1.29 is 27.8 Å². The Kier molecular flexibility index (Phi) is 5.54. The second-order valence-electron chi connectivity index (χ2n) is 5.06. The van der Waals surface area contributed by atoms with E-state index in [4.69, 9.17) is 9.47 Å². The third-order valence-corrected chi connectivity index (χ3v) is 3.45. The summed E-state index contributed by atoms with van der Waals surface area (Å²) >= 11 is 0. The van der Waals surface area contributed by atoms with Crippen LogP contribution >= 0.6 is 0 Å². The van der Waals surface area contributed by atoms with Gasteiger partial charge in [0.15, 0.2) is 11.5 Å². The van der Waals surface area contributed by atoms with Crippen LogP contribution in [0, 0.1) is 0 Å². The van der Waals surface area contributed by atoms with Crippen molar-refractivity contribution in [3.63, 3.8) is 0 Å². The molecule has 0 saturated carbocycles. The van der Waals surface area contributed by atoms with Crippen LogP contribution in [0.1, 0.15) is 18.4 Å². The molecule has 1 aliphatic heterocycles. The molecule has 1 amide bonds. The molecule has 0 aliphatic carbocycles. The average Bonchev–Trinajstić information content (AvgIpc) is 3.01. The number of rotatable bonds is 6. The van der Waals surface area contributed by atoms with Crippen LogP contribution in [0.4, 0.5) is 8.78 Å². The van der Waals surface area contributed by atoms with Gasteiger partial charge in [0, 0.05) is 20.2 Å². The van der Waals surface area contributed by atoms with Gasteiger partial charge in [-0.1, -0.05) is 6.07 Å². The van der Waals surface area contributed by atoms with Crippen molar-refractivity contribution in [2.75, 3.05) is 20.8 Å². The minimum Gasteiger partial charge on any atom is -0.493 e. The lowest BCUT2D eigenvalue weighted by molar-refractivity contribution is -0.140. The molecule has 1 fully saturated rings. The molecule has 1 saturated heterocycles. The van der Waals surface area contributed by atoms with E-state index in [-0.39, 0.29) is 23.5 Å². The Balaban J connectivity index is 2.04. The normalized spacial score (nSPS) is 17.6.